The third-order valence-corrected chi connectivity index (χ3v) is 5.42. The largest absolute Gasteiger partial charge is 0.363 e. The average molecular weight is 379 g/mol. The normalized spacial score (nSPS) is 18.5. The number of H-pyrrole nitrogens is 1. The molecule has 1 aliphatic rings. The van der Waals surface area contributed by atoms with Gasteiger partial charge in [0.25, 0.3) is 5.56 Å². The van der Waals surface area contributed by atoms with Gasteiger partial charge in [0.2, 0.25) is 0 Å². The van der Waals surface area contributed by atoms with Crippen molar-refractivity contribution in [3.8, 4) is 0 Å². The average Bonchev–Trinajstić information content (AvgIpc) is 2.60. The van der Waals surface area contributed by atoms with E-state index < -0.39 is 0 Å². The summed E-state index contributed by atoms with van der Waals surface area (Å²) in [7, 11) is 0. The second-order valence-corrected chi connectivity index (χ2v) is 7.59. The maximum atomic E-state index is 13.3. The third-order valence-electron chi connectivity index (χ3n) is 5.06. The fraction of sp³-hybridized carbons (Fsp3) is 0.474. The van der Waals surface area contributed by atoms with Crippen molar-refractivity contribution >= 4 is 17.3 Å². The number of anilines is 1. The van der Waals surface area contributed by atoms with Crippen LogP contribution in [0.2, 0.25) is 5.02 Å². The molecule has 140 valence electrons. The molecule has 0 saturated carbocycles. The Balaban J connectivity index is 1.80. The first-order valence-corrected chi connectivity index (χ1v) is 9.22. The van der Waals surface area contributed by atoms with Gasteiger partial charge >= 0.3 is 0 Å². The topological polar surface area (TPSA) is 52.2 Å². The van der Waals surface area contributed by atoms with Gasteiger partial charge in [0.1, 0.15) is 10.8 Å². The Kier molecular flexibility index (Phi) is 5.63. The van der Waals surface area contributed by atoms with Gasteiger partial charge in [-0.05, 0) is 36.1 Å². The lowest BCUT2D eigenvalue weighted by Crippen LogP contribution is -2.55. The number of nitrogens with zero attached hydrogens (tertiary/aromatic N) is 3. The van der Waals surface area contributed by atoms with Gasteiger partial charge in [-0.3, -0.25) is 9.69 Å². The Bertz CT molecular complexity index is 839. The van der Waals surface area contributed by atoms with Gasteiger partial charge in [0.15, 0.2) is 0 Å². The van der Waals surface area contributed by atoms with Crippen LogP contribution in [0.4, 0.5) is 10.1 Å². The van der Waals surface area contributed by atoms with E-state index in [-0.39, 0.29) is 22.4 Å². The van der Waals surface area contributed by atoms with E-state index in [4.69, 9.17) is 11.6 Å². The molecule has 0 radical (unpaired) electrons. The van der Waals surface area contributed by atoms with Crippen molar-refractivity contribution < 1.29 is 4.39 Å². The van der Waals surface area contributed by atoms with Crippen LogP contribution in [0.15, 0.2) is 29.2 Å². The van der Waals surface area contributed by atoms with Crippen LogP contribution < -0.4 is 10.5 Å². The monoisotopic (exact) mass is 378 g/mol. The summed E-state index contributed by atoms with van der Waals surface area (Å²) in [5.41, 5.74) is 2.43. The van der Waals surface area contributed by atoms with Gasteiger partial charge in [-0.1, -0.05) is 31.5 Å². The molecule has 3 rings (SSSR count). The van der Waals surface area contributed by atoms with Crippen molar-refractivity contribution in [3.63, 3.8) is 0 Å². The molecule has 0 spiro atoms. The highest BCUT2D eigenvalue weighted by atomic mass is 35.5. The van der Waals surface area contributed by atoms with Crippen LogP contribution in [-0.2, 0) is 6.54 Å². The third kappa shape index (κ3) is 3.91. The summed E-state index contributed by atoms with van der Waals surface area (Å²) in [6.45, 7) is 9.49. The Hall–Kier alpha value is -1.92. The number of hydrogen-bond acceptors (Lipinski definition) is 4. The van der Waals surface area contributed by atoms with E-state index in [1.807, 2.05) is 13.0 Å². The molecular formula is C19H24ClFN4O. The summed E-state index contributed by atoms with van der Waals surface area (Å²) >= 11 is 6.22. The molecule has 2 heterocycles. The molecule has 0 bridgehead atoms. The van der Waals surface area contributed by atoms with Crippen LogP contribution in [0.25, 0.3) is 0 Å². The van der Waals surface area contributed by atoms with E-state index in [1.165, 1.54) is 6.07 Å². The summed E-state index contributed by atoms with van der Waals surface area (Å²) < 4.78 is 13.3. The van der Waals surface area contributed by atoms with Crippen molar-refractivity contribution in [2.24, 2.45) is 5.92 Å². The van der Waals surface area contributed by atoms with Crippen LogP contribution >= 0.6 is 11.6 Å². The Labute approximate surface area is 157 Å². The number of aryl methyl sites for hydroxylation is 1. The molecule has 7 heteroatoms. The molecule has 1 fully saturated rings. The number of rotatable bonds is 4. The highest BCUT2D eigenvalue weighted by molar-refractivity contribution is 6.33. The molecule has 1 unspecified atom stereocenters. The summed E-state index contributed by atoms with van der Waals surface area (Å²) in [5, 5.41) is 6.47. The molecule has 0 amide bonds. The van der Waals surface area contributed by atoms with Gasteiger partial charge in [-0.2, -0.15) is 5.10 Å². The maximum Gasteiger partial charge on any atom is 0.285 e. The zero-order valence-electron chi connectivity index (χ0n) is 15.3. The minimum Gasteiger partial charge on any atom is -0.363 e. The molecule has 1 saturated heterocycles. The van der Waals surface area contributed by atoms with Crippen LogP contribution in [0.5, 0.6) is 0 Å². The lowest BCUT2D eigenvalue weighted by Gasteiger charge is -2.44. The molecule has 2 aromatic rings. The van der Waals surface area contributed by atoms with Crippen LogP contribution in [-0.4, -0.2) is 40.8 Å². The SMILES string of the molecule is Cc1cc(F)ccc1CN1CCN(c2cn[nH]c(=O)c2Cl)C(C(C)C)C1. The quantitative estimate of drug-likeness (QED) is 0.887. The second-order valence-electron chi connectivity index (χ2n) is 7.21. The minimum absolute atomic E-state index is 0.188. The van der Waals surface area contributed by atoms with E-state index in [1.54, 1.807) is 12.3 Å². The molecule has 1 atom stereocenters. The van der Waals surface area contributed by atoms with Crippen LogP contribution in [0.1, 0.15) is 25.0 Å². The van der Waals surface area contributed by atoms with Crippen molar-refractivity contribution in [1.29, 1.82) is 0 Å². The fourth-order valence-corrected chi connectivity index (χ4v) is 3.73. The standard InChI is InChI=1S/C19H24ClFN4O/c1-12(2)17-11-24(10-14-4-5-15(21)8-13(14)3)6-7-25(17)16-9-22-23-19(26)18(16)20/h4-5,8-9,12,17H,6-7,10-11H2,1-3H3,(H,23,26). The highest BCUT2D eigenvalue weighted by Crippen LogP contribution is 2.29. The lowest BCUT2D eigenvalue weighted by molar-refractivity contribution is 0.192. The Morgan fingerprint density at radius 1 is 1.38 bits per heavy atom. The number of halogens is 2. The van der Waals surface area contributed by atoms with E-state index >= 15 is 0 Å². The summed E-state index contributed by atoms with van der Waals surface area (Å²) in [6, 6.07) is 5.16. The van der Waals surface area contributed by atoms with E-state index in [0.717, 1.165) is 37.3 Å². The Morgan fingerprint density at radius 2 is 2.15 bits per heavy atom. The zero-order valence-corrected chi connectivity index (χ0v) is 16.1. The van der Waals surface area contributed by atoms with Gasteiger partial charge in [0, 0.05) is 32.2 Å². The van der Waals surface area contributed by atoms with Crippen molar-refractivity contribution in [2.45, 2.75) is 33.4 Å². The first kappa shape index (κ1) is 18.9. The number of nitrogens with one attached hydrogen (secondary N) is 1. The second kappa shape index (κ2) is 7.76. The van der Waals surface area contributed by atoms with Crippen LogP contribution in [0, 0.1) is 18.7 Å². The van der Waals surface area contributed by atoms with Gasteiger partial charge < -0.3 is 4.90 Å². The van der Waals surface area contributed by atoms with Gasteiger partial charge in [-0.15, -0.1) is 0 Å². The number of aromatic nitrogens is 2. The van der Waals surface area contributed by atoms with E-state index in [2.05, 4.69) is 33.8 Å². The summed E-state index contributed by atoms with van der Waals surface area (Å²) in [5.74, 6) is 0.176. The molecule has 1 N–H and O–H groups in total. The minimum atomic E-state index is -0.365. The lowest BCUT2D eigenvalue weighted by atomic mass is 9.98. The molecule has 1 aromatic heterocycles. The van der Waals surface area contributed by atoms with E-state index in [9.17, 15) is 9.18 Å². The van der Waals surface area contributed by atoms with E-state index in [0.29, 0.717) is 11.6 Å². The molecular weight excluding hydrogens is 355 g/mol. The molecule has 1 aliphatic heterocycles. The molecule has 0 aliphatic carbocycles. The van der Waals surface area contributed by atoms with Crippen molar-refractivity contribution in [2.75, 3.05) is 24.5 Å². The number of hydrogen-bond donors (Lipinski definition) is 1. The number of aromatic amines is 1. The van der Waals surface area contributed by atoms with Gasteiger partial charge in [-0.25, -0.2) is 9.49 Å². The van der Waals surface area contributed by atoms with Crippen LogP contribution in [0.3, 0.4) is 0 Å². The first-order valence-electron chi connectivity index (χ1n) is 8.84. The predicted molar refractivity (Wildman–Crippen MR) is 102 cm³/mol. The van der Waals surface area contributed by atoms with Crippen molar-refractivity contribution in [1.82, 2.24) is 15.1 Å². The smallest absolute Gasteiger partial charge is 0.285 e. The number of piperazine rings is 1. The number of benzene rings is 1. The molecule has 5 nitrogen and oxygen atoms in total. The molecule has 26 heavy (non-hydrogen) atoms. The molecule has 1 aromatic carbocycles. The highest BCUT2D eigenvalue weighted by Gasteiger charge is 2.31. The zero-order chi connectivity index (χ0) is 18.8. The summed E-state index contributed by atoms with van der Waals surface area (Å²) in [4.78, 5) is 16.4. The predicted octanol–water partition coefficient (Wildman–Crippen LogP) is 3.22. The van der Waals surface area contributed by atoms with Crippen molar-refractivity contribution in [3.05, 3.63) is 56.7 Å². The summed E-state index contributed by atoms with van der Waals surface area (Å²) in [6.07, 6.45) is 1.62. The Morgan fingerprint density at radius 3 is 2.85 bits per heavy atom. The first-order chi connectivity index (χ1) is 12.4. The fourth-order valence-electron chi connectivity index (χ4n) is 3.53. The maximum absolute atomic E-state index is 13.3. The van der Waals surface area contributed by atoms with Gasteiger partial charge in [0.05, 0.1) is 11.9 Å².